The molecule has 4 heterocycles. The topological polar surface area (TPSA) is 70.1 Å². The molecule has 7 nitrogen and oxygen atoms in total. The minimum absolute atomic E-state index is 0.220. The maximum absolute atomic E-state index is 11.8. The molecule has 1 amide bonds. The van der Waals surface area contributed by atoms with Crippen molar-refractivity contribution in [1.29, 1.82) is 0 Å². The molecule has 7 heteroatoms. The van der Waals surface area contributed by atoms with Crippen molar-refractivity contribution in [3.05, 3.63) is 29.8 Å². The van der Waals surface area contributed by atoms with Gasteiger partial charge in [0.1, 0.15) is 0 Å². The summed E-state index contributed by atoms with van der Waals surface area (Å²) in [4.78, 5) is 16.1. The molecule has 0 atom stereocenters. The molecule has 2 aromatic heterocycles. The maximum atomic E-state index is 11.8. The highest BCUT2D eigenvalue weighted by atomic mass is 16.2. The van der Waals surface area contributed by atoms with Crippen LogP contribution >= 0.6 is 0 Å². The van der Waals surface area contributed by atoms with Crippen LogP contribution in [-0.2, 0) is 11.3 Å². The van der Waals surface area contributed by atoms with E-state index in [2.05, 4.69) is 20.2 Å². The van der Waals surface area contributed by atoms with E-state index in [1.807, 2.05) is 28.2 Å². The smallest absolute Gasteiger partial charge is 0.227 e. The molecular weight excluding hydrogens is 304 g/mol. The minimum atomic E-state index is 0.220. The average Bonchev–Trinajstić information content (AvgIpc) is 2.95. The monoisotopic (exact) mass is 326 g/mol. The Kier molecular flexibility index (Phi) is 3.22. The molecule has 1 aliphatic carbocycles. The van der Waals surface area contributed by atoms with Crippen LogP contribution in [-0.4, -0.2) is 50.4 Å². The molecule has 5 rings (SSSR count). The van der Waals surface area contributed by atoms with Crippen molar-refractivity contribution in [2.75, 3.05) is 24.5 Å². The number of nitrogens with one attached hydrogen (secondary N) is 1. The van der Waals surface area contributed by atoms with E-state index < -0.39 is 0 Å². The second kappa shape index (κ2) is 5.44. The summed E-state index contributed by atoms with van der Waals surface area (Å²) in [5, 5.41) is 11.9. The summed E-state index contributed by atoms with van der Waals surface area (Å²) in [5.41, 5.74) is 3.63. The fourth-order valence-electron chi connectivity index (χ4n) is 3.84. The number of carbonyl (C=O) groups excluding carboxylic acids is 1. The fourth-order valence-corrected chi connectivity index (χ4v) is 3.84. The van der Waals surface area contributed by atoms with Gasteiger partial charge < -0.3 is 4.90 Å². The van der Waals surface area contributed by atoms with E-state index >= 15 is 0 Å². The Balaban J connectivity index is 1.20. The van der Waals surface area contributed by atoms with Gasteiger partial charge in [0, 0.05) is 56.0 Å². The van der Waals surface area contributed by atoms with Gasteiger partial charge in [0.05, 0.1) is 24.1 Å². The maximum Gasteiger partial charge on any atom is 0.227 e. The number of aromatic nitrogens is 4. The van der Waals surface area contributed by atoms with Crippen LogP contribution in [0.3, 0.4) is 0 Å². The van der Waals surface area contributed by atoms with Gasteiger partial charge in [-0.25, -0.2) is 0 Å². The van der Waals surface area contributed by atoms with Crippen molar-refractivity contribution in [2.45, 2.75) is 44.2 Å². The molecule has 24 heavy (non-hydrogen) atoms. The van der Waals surface area contributed by atoms with E-state index in [-0.39, 0.29) is 5.91 Å². The molecular formula is C17H22N6O. The number of rotatable bonds is 5. The summed E-state index contributed by atoms with van der Waals surface area (Å²) >= 11 is 0. The molecule has 1 N–H and O–H groups in total. The van der Waals surface area contributed by atoms with Crippen molar-refractivity contribution in [1.82, 2.24) is 24.9 Å². The van der Waals surface area contributed by atoms with Gasteiger partial charge in [-0.2, -0.15) is 10.2 Å². The number of anilines is 1. The summed E-state index contributed by atoms with van der Waals surface area (Å²) in [7, 11) is 0. The fraction of sp³-hybridized carbons (Fsp3) is 0.588. The van der Waals surface area contributed by atoms with E-state index in [0.717, 1.165) is 38.3 Å². The van der Waals surface area contributed by atoms with Gasteiger partial charge in [0.2, 0.25) is 5.91 Å². The molecule has 3 fully saturated rings. The molecule has 2 aromatic rings. The highest BCUT2D eigenvalue weighted by Crippen LogP contribution is 2.41. The normalized spacial score (nSPS) is 22.3. The van der Waals surface area contributed by atoms with Crippen LogP contribution in [0.15, 0.2) is 18.6 Å². The summed E-state index contributed by atoms with van der Waals surface area (Å²) in [6.45, 7) is 3.80. The number of H-pyrrole nitrogens is 1. The first-order valence-electron chi connectivity index (χ1n) is 8.87. The number of amides is 1. The average molecular weight is 326 g/mol. The Morgan fingerprint density at radius 3 is 2.88 bits per heavy atom. The van der Waals surface area contributed by atoms with Crippen molar-refractivity contribution in [3.63, 3.8) is 0 Å². The zero-order chi connectivity index (χ0) is 16.1. The van der Waals surface area contributed by atoms with E-state index in [1.165, 1.54) is 24.1 Å². The van der Waals surface area contributed by atoms with Crippen LogP contribution in [0.5, 0.6) is 0 Å². The number of likely N-dealkylation sites (tertiary alicyclic amines) is 1. The van der Waals surface area contributed by atoms with Crippen LogP contribution in [0.2, 0.25) is 0 Å². The molecule has 126 valence electrons. The lowest BCUT2D eigenvalue weighted by Crippen LogP contribution is -2.47. The first kappa shape index (κ1) is 14.2. The molecule has 0 spiro atoms. The first-order chi connectivity index (χ1) is 11.8. The second-order valence-corrected chi connectivity index (χ2v) is 7.26. The van der Waals surface area contributed by atoms with Crippen LogP contribution in [0, 0.1) is 0 Å². The molecule has 0 radical (unpaired) electrons. The quantitative estimate of drug-likeness (QED) is 0.907. The molecule has 0 bridgehead atoms. The number of carbonyl (C=O) groups is 1. The highest BCUT2D eigenvalue weighted by molar-refractivity contribution is 5.95. The van der Waals surface area contributed by atoms with Crippen LogP contribution in [0.1, 0.15) is 48.9 Å². The molecule has 2 saturated heterocycles. The Labute approximate surface area is 140 Å². The van der Waals surface area contributed by atoms with Crippen LogP contribution < -0.4 is 4.90 Å². The van der Waals surface area contributed by atoms with Gasteiger partial charge in [-0.05, 0) is 19.3 Å². The molecule has 1 saturated carbocycles. The lowest BCUT2D eigenvalue weighted by atomic mass is 10.1. The zero-order valence-corrected chi connectivity index (χ0v) is 13.7. The number of aromatic amines is 1. The van der Waals surface area contributed by atoms with Crippen molar-refractivity contribution < 1.29 is 4.79 Å². The largest absolute Gasteiger partial charge is 0.309 e. The van der Waals surface area contributed by atoms with Crippen molar-refractivity contribution in [2.24, 2.45) is 0 Å². The van der Waals surface area contributed by atoms with E-state index in [4.69, 9.17) is 0 Å². The standard InChI is InChI=1S/C17H22N6O/c24-16-2-1-5-22(16)14-7-19-23(11-14)15-9-21(10-15)8-13-6-18-20-17(13)12-3-4-12/h6-7,11-12,15H,1-5,8-10H2,(H,18,20). The van der Waals surface area contributed by atoms with Gasteiger partial charge in [0.15, 0.2) is 0 Å². The Bertz CT molecular complexity index is 755. The summed E-state index contributed by atoms with van der Waals surface area (Å²) in [5.74, 6) is 0.934. The highest BCUT2D eigenvalue weighted by Gasteiger charge is 2.33. The Morgan fingerprint density at radius 2 is 2.12 bits per heavy atom. The Morgan fingerprint density at radius 1 is 1.25 bits per heavy atom. The lowest BCUT2D eigenvalue weighted by molar-refractivity contribution is -0.117. The molecule has 3 aliphatic rings. The number of nitrogens with zero attached hydrogens (tertiary/aromatic N) is 5. The molecule has 0 aromatic carbocycles. The van der Waals surface area contributed by atoms with Gasteiger partial charge in [-0.3, -0.25) is 19.5 Å². The van der Waals surface area contributed by atoms with Crippen molar-refractivity contribution in [3.8, 4) is 0 Å². The minimum Gasteiger partial charge on any atom is -0.309 e. The predicted octanol–water partition coefficient (Wildman–Crippen LogP) is 1.67. The second-order valence-electron chi connectivity index (χ2n) is 7.26. The summed E-state index contributed by atoms with van der Waals surface area (Å²) in [6.07, 6.45) is 10.0. The third kappa shape index (κ3) is 2.43. The van der Waals surface area contributed by atoms with Gasteiger partial charge in [0.25, 0.3) is 0 Å². The van der Waals surface area contributed by atoms with E-state index in [0.29, 0.717) is 18.4 Å². The van der Waals surface area contributed by atoms with E-state index in [1.54, 1.807) is 0 Å². The van der Waals surface area contributed by atoms with E-state index in [9.17, 15) is 4.79 Å². The SMILES string of the molecule is O=C1CCCN1c1cnn(C2CN(Cc3cn[nH]c3C3CC3)C2)c1. The Hall–Kier alpha value is -2.15. The molecule has 2 aliphatic heterocycles. The van der Waals surface area contributed by atoms with Crippen LogP contribution in [0.25, 0.3) is 0 Å². The third-order valence-electron chi connectivity index (χ3n) is 5.42. The van der Waals surface area contributed by atoms with Crippen molar-refractivity contribution >= 4 is 11.6 Å². The zero-order valence-electron chi connectivity index (χ0n) is 13.7. The van der Waals surface area contributed by atoms with Gasteiger partial charge >= 0.3 is 0 Å². The summed E-state index contributed by atoms with van der Waals surface area (Å²) < 4.78 is 2.02. The number of hydrogen-bond acceptors (Lipinski definition) is 4. The third-order valence-corrected chi connectivity index (χ3v) is 5.42. The predicted molar refractivity (Wildman–Crippen MR) is 88.7 cm³/mol. The van der Waals surface area contributed by atoms with Gasteiger partial charge in [-0.1, -0.05) is 0 Å². The van der Waals surface area contributed by atoms with Gasteiger partial charge in [-0.15, -0.1) is 0 Å². The number of hydrogen-bond donors (Lipinski definition) is 1. The molecule has 0 unspecified atom stereocenters. The van der Waals surface area contributed by atoms with Crippen LogP contribution in [0.4, 0.5) is 5.69 Å². The first-order valence-corrected chi connectivity index (χ1v) is 8.87. The lowest BCUT2D eigenvalue weighted by Gasteiger charge is -2.39. The summed E-state index contributed by atoms with van der Waals surface area (Å²) in [6, 6.07) is 0.410.